The second kappa shape index (κ2) is 14.1. The molecule has 0 unspecified atom stereocenters. The van der Waals surface area contributed by atoms with Crippen molar-refractivity contribution in [1.82, 2.24) is 0 Å². The fourth-order valence-corrected chi connectivity index (χ4v) is 4.42. The first-order valence-electron chi connectivity index (χ1n) is 13.6. The van der Waals surface area contributed by atoms with Crippen LogP contribution >= 0.6 is 0 Å². The number of hydrogen-bond acceptors (Lipinski definition) is 7. The Kier molecular flexibility index (Phi) is 10.1. The molecule has 0 aliphatic rings. The molecule has 2 heterocycles. The van der Waals surface area contributed by atoms with Gasteiger partial charge in [-0.15, -0.1) is 0 Å². The number of rotatable bonds is 14. The minimum atomic E-state index is -0.330. The summed E-state index contributed by atoms with van der Waals surface area (Å²) in [6, 6.07) is 17.8. The first kappa shape index (κ1) is 28.6. The van der Waals surface area contributed by atoms with Crippen molar-refractivity contribution in [2.24, 2.45) is 0 Å². The summed E-state index contributed by atoms with van der Waals surface area (Å²) in [4.78, 5) is 37.3. The van der Waals surface area contributed by atoms with Gasteiger partial charge in [0.15, 0.2) is 5.78 Å². The third kappa shape index (κ3) is 7.38. The molecule has 4 aromatic rings. The first-order valence-corrected chi connectivity index (χ1v) is 13.6. The summed E-state index contributed by atoms with van der Waals surface area (Å²) < 4.78 is 22.1. The van der Waals surface area contributed by atoms with Crippen LogP contribution in [0.2, 0.25) is 0 Å². The highest BCUT2D eigenvalue weighted by Gasteiger charge is 2.22. The molecule has 2 aromatic heterocycles. The molecule has 208 valence electrons. The Morgan fingerprint density at radius 1 is 0.600 bits per heavy atom. The lowest BCUT2D eigenvalue weighted by Gasteiger charge is -2.05. The SMILES string of the molecule is Cc1c(C(=O)c2coc(CCCCOC(=O)c3ccccc3)c2C)coc1CCCCOC(=O)c1ccccc1. The van der Waals surface area contributed by atoms with Gasteiger partial charge in [0.25, 0.3) is 0 Å². The third-order valence-corrected chi connectivity index (χ3v) is 6.85. The monoisotopic (exact) mass is 542 g/mol. The smallest absolute Gasteiger partial charge is 0.338 e. The highest BCUT2D eigenvalue weighted by Crippen LogP contribution is 2.26. The summed E-state index contributed by atoms with van der Waals surface area (Å²) >= 11 is 0. The highest BCUT2D eigenvalue weighted by molar-refractivity contribution is 6.10. The van der Waals surface area contributed by atoms with Crippen LogP contribution in [-0.4, -0.2) is 30.9 Å². The Labute approximate surface area is 234 Å². The fourth-order valence-electron chi connectivity index (χ4n) is 4.42. The van der Waals surface area contributed by atoms with Gasteiger partial charge >= 0.3 is 11.9 Å². The minimum Gasteiger partial charge on any atom is -0.468 e. The van der Waals surface area contributed by atoms with Gasteiger partial charge in [-0.1, -0.05) is 36.4 Å². The number of carbonyl (C=O) groups excluding carboxylic acids is 3. The fraction of sp³-hybridized carbons (Fsp3) is 0.303. The number of esters is 2. The number of unbranched alkanes of at least 4 members (excludes halogenated alkanes) is 2. The largest absolute Gasteiger partial charge is 0.468 e. The molecule has 0 saturated heterocycles. The van der Waals surface area contributed by atoms with Crippen LogP contribution in [0, 0.1) is 13.8 Å². The second-order valence-electron chi connectivity index (χ2n) is 9.64. The van der Waals surface area contributed by atoms with Crippen molar-refractivity contribution < 1.29 is 32.7 Å². The molecule has 4 rings (SSSR count). The molecular weight excluding hydrogens is 508 g/mol. The van der Waals surface area contributed by atoms with Crippen molar-refractivity contribution in [1.29, 1.82) is 0 Å². The Balaban J connectivity index is 1.21. The van der Waals surface area contributed by atoms with Gasteiger partial charge in [0.05, 0.1) is 35.5 Å². The number of aryl methyl sites for hydroxylation is 2. The normalized spacial score (nSPS) is 10.8. The van der Waals surface area contributed by atoms with E-state index in [0.29, 0.717) is 61.2 Å². The number of ketones is 1. The third-order valence-electron chi connectivity index (χ3n) is 6.85. The maximum atomic E-state index is 13.3. The van der Waals surface area contributed by atoms with Crippen molar-refractivity contribution in [2.75, 3.05) is 13.2 Å². The first-order chi connectivity index (χ1) is 19.5. The van der Waals surface area contributed by atoms with Crippen molar-refractivity contribution >= 4 is 17.7 Å². The lowest BCUT2D eigenvalue weighted by atomic mass is 9.99. The van der Waals surface area contributed by atoms with E-state index in [-0.39, 0.29) is 17.7 Å². The van der Waals surface area contributed by atoms with E-state index in [4.69, 9.17) is 18.3 Å². The Morgan fingerprint density at radius 3 is 1.40 bits per heavy atom. The summed E-state index contributed by atoms with van der Waals surface area (Å²) in [7, 11) is 0. The second-order valence-corrected chi connectivity index (χ2v) is 9.64. The van der Waals surface area contributed by atoms with Crippen LogP contribution in [0.5, 0.6) is 0 Å². The molecule has 40 heavy (non-hydrogen) atoms. The molecule has 0 atom stereocenters. The molecule has 0 aliphatic heterocycles. The summed E-state index contributed by atoms with van der Waals surface area (Å²) in [5.41, 5.74) is 3.74. The molecule has 0 radical (unpaired) electrons. The van der Waals surface area contributed by atoms with E-state index in [9.17, 15) is 14.4 Å². The zero-order valence-corrected chi connectivity index (χ0v) is 22.9. The molecule has 0 saturated carbocycles. The highest BCUT2D eigenvalue weighted by atomic mass is 16.5. The average molecular weight is 543 g/mol. The number of ether oxygens (including phenoxy) is 2. The molecule has 2 aromatic carbocycles. The molecule has 0 aliphatic carbocycles. The summed E-state index contributed by atoms with van der Waals surface area (Å²) in [6.45, 7) is 4.42. The topological polar surface area (TPSA) is 96.0 Å². The molecule has 7 heteroatoms. The number of hydrogen-bond donors (Lipinski definition) is 0. The molecular formula is C33H34O7. The van der Waals surface area contributed by atoms with Crippen LogP contribution in [0.1, 0.15) is 85.0 Å². The average Bonchev–Trinajstić information content (AvgIpc) is 3.54. The number of carbonyl (C=O) groups is 3. The summed E-state index contributed by atoms with van der Waals surface area (Å²) in [5, 5.41) is 0. The van der Waals surface area contributed by atoms with Gasteiger partial charge in [-0.3, -0.25) is 4.79 Å². The lowest BCUT2D eigenvalue weighted by molar-refractivity contribution is 0.0489. The van der Waals surface area contributed by atoms with E-state index in [2.05, 4.69) is 0 Å². The molecule has 7 nitrogen and oxygen atoms in total. The number of benzene rings is 2. The van der Waals surface area contributed by atoms with Crippen LogP contribution in [0.3, 0.4) is 0 Å². The van der Waals surface area contributed by atoms with Gasteiger partial charge in [-0.2, -0.15) is 0 Å². The Hall–Kier alpha value is -4.39. The Morgan fingerprint density at radius 2 is 1.00 bits per heavy atom. The van der Waals surface area contributed by atoms with Gasteiger partial charge in [-0.25, -0.2) is 9.59 Å². The zero-order chi connectivity index (χ0) is 28.3. The maximum absolute atomic E-state index is 13.3. The molecule has 0 spiro atoms. The van der Waals surface area contributed by atoms with Gasteiger partial charge in [0.2, 0.25) is 0 Å². The maximum Gasteiger partial charge on any atom is 0.338 e. The van der Waals surface area contributed by atoms with Crippen molar-refractivity contribution in [2.45, 2.75) is 52.4 Å². The van der Waals surface area contributed by atoms with Crippen LogP contribution in [0.4, 0.5) is 0 Å². The molecule has 0 N–H and O–H groups in total. The minimum absolute atomic E-state index is 0.131. The van der Waals surface area contributed by atoms with E-state index in [1.54, 1.807) is 48.5 Å². The van der Waals surface area contributed by atoms with Gasteiger partial charge in [0, 0.05) is 24.0 Å². The van der Waals surface area contributed by atoms with E-state index >= 15 is 0 Å². The molecule has 0 fully saturated rings. The van der Waals surface area contributed by atoms with Crippen molar-refractivity contribution in [3.05, 3.63) is 118 Å². The molecule has 0 amide bonds. The lowest BCUT2D eigenvalue weighted by Crippen LogP contribution is -2.06. The van der Waals surface area contributed by atoms with Crippen LogP contribution < -0.4 is 0 Å². The zero-order valence-electron chi connectivity index (χ0n) is 22.9. The van der Waals surface area contributed by atoms with Crippen LogP contribution in [-0.2, 0) is 22.3 Å². The van der Waals surface area contributed by atoms with Gasteiger partial charge in [-0.05, 0) is 63.8 Å². The van der Waals surface area contributed by atoms with E-state index < -0.39 is 0 Å². The predicted molar refractivity (Wildman–Crippen MR) is 150 cm³/mol. The summed E-state index contributed by atoms with van der Waals surface area (Å²) in [6.07, 6.45) is 7.22. The quantitative estimate of drug-likeness (QED) is 0.0954. The van der Waals surface area contributed by atoms with Crippen molar-refractivity contribution in [3.63, 3.8) is 0 Å². The van der Waals surface area contributed by atoms with Crippen LogP contribution in [0.15, 0.2) is 82.0 Å². The van der Waals surface area contributed by atoms with E-state index in [1.165, 1.54) is 12.5 Å². The predicted octanol–water partition coefficient (Wildman–Crippen LogP) is 7.08. The summed E-state index contributed by atoms with van der Waals surface area (Å²) in [5.74, 6) is 0.718. The van der Waals surface area contributed by atoms with E-state index in [1.807, 2.05) is 26.0 Å². The van der Waals surface area contributed by atoms with Gasteiger partial charge in [0.1, 0.15) is 24.0 Å². The van der Waals surface area contributed by atoms with Crippen molar-refractivity contribution in [3.8, 4) is 0 Å². The van der Waals surface area contributed by atoms with E-state index in [0.717, 1.165) is 35.5 Å². The Bertz CT molecular complexity index is 1310. The van der Waals surface area contributed by atoms with Crippen LogP contribution in [0.25, 0.3) is 0 Å². The molecule has 0 bridgehead atoms. The standard InChI is InChI=1S/C33H34O7/c1-23-27(21-39-29(23)17-9-11-19-37-32(35)25-13-5-3-6-14-25)31(34)28-22-40-30(24(28)2)18-10-12-20-38-33(36)26-15-7-4-8-16-26/h3-8,13-16,21-22H,9-12,17-20H2,1-2H3. The number of furan rings is 2. The van der Waals surface area contributed by atoms with Gasteiger partial charge < -0.3 is 18.3 Å².